The van der Waals surface area contributed by atoms with Crippen LogP contribution in [0.25, 0.3) is 0 Å². The van der Waals surface area contributed by atoms with Crippen molar-refractivity contribution in [2.24, 2.45) is 5.73 Å². The molecule has 0 bridgehead atoms. The highest BCUT2D eigenvalue weighted by Crippen LogP contribution is 2.18. The van der Waals surface area contributed by atoms with Crippen LogP contribution in [-0.4, -0.2) is 40.8 Å². The number of hydrogen-bond donors (Lipinski definition) is 1. The maximum absolute atomic E-state index is 5.65. The number of morpholine rings is 1. The number of hydrogen-bond acceptors (Lipinski definition) is 5. The van der Waals surface area contributed by atoms with Gasteiger partial charge in [-0.2, -0.15) is 0 Å². The van der Waals surface area contributed by atoms with Gasteiger partial charge in [-0.25, -0.2) is 9.97 Å². The van der Waals surface area contributed by atoms with E-state index in [-0.39, 0.29) is 0 Å². The number of aromatic nitrogens is 2. The molecular formula is C12H18N4OS. The van der Waals surface area contributed by atoms with Gasteiger partial charge in [0.05, 0.1) is 19.3 Å². The smallest absolute Gasteiger partial charge is 0.226 e. The van der Waals surface area contributed by atoms with Crippen molar-refractivity contribution in [3.05, 3.63) is 17.5 Å². The number of anilines is 1. The lowest BCUT2D eigenvalue weighted by atomic mass is 10.2. The molecule has 1 unspecified atom stereocenters. The van der Waals surface area contributed by atoms with Gasteiger partial charge in [-0.3, -0.25) is 0 Å². The first kappa shape index (κ1) is 13.2. The number of rotatable bonds is 3. The summed E-state index contributed by atoms with van der Waals surface area (Å²) in [7, 11) is 0. The van der Waals surface area contributed by atoms with Crippen molar-refractivity contribution in [3.63, 3.8) is 0 Å². The summed E-state index contributed by atoms with van der Waals surface area (Å²) in [4.78, 5) is 11.4. The number of ether oxygens (including phenoxy) is 1. The molecule has 0 radical (unpaired) electrons. The van der Waals surface area contributed by atoms with Crippen LogP contribution < -0.4 is 10.6 Å². The fourth-order valence-corrected chi connectivity index (χ4v) is 2.17. The van der Waals surface area contributed by atoms with E-state index in [0.29, 0.717) is 29.3 Å². The SMILES string of the molecule is CCC1COCCN1c1nc(C)cc(C(N)=S)n1. The van der Waals surface area contributed by atoms with Crippen molar-refractivity contribution >= 4 is 23.2 Å². The van der Waals surface area contributed by atoms with Crippen LogP contribution in [0.3, 0.4) is 0 Å². The van der Waals surface area contributed by atoms with Gasteiger partial charge in [0, 0.05) is 12.2 Å². The van der Waals surface area contributed by atoms with Crippen LogP contribution in [0.4, 0.5) is 5.95 Å². The van der Waals surface area contributed by atoms with Crippen molar-refractivity contribution in [3.8, 4) is 0 Å². The van der Waals surface area contributed by atoms with Crippen molar-refractivity contribution in [1.82, 2.24) is 9.97 Å². The molecule has 1 fully saturated rings. The Kier molecular flexibility index (Phi) is 4.08. The summed E-state index contributed by atoms with van der Waals surface area (Å²) in [6.07, 6.45) is 1.000. The van der Waals surface area contributed by atoms with Gasteiger partial charge in [0.25, 0.3) is 0 Å². The molecule has 18 heavy (non-hydrogen) atoms. The highest BCUT2D eigenvalue weighted by atomic mass is 32.1. The summed E-state index contributed by atoms with van der Waals surface area (Å²) < 4.78 is 5.48. The fourth-order valence-electron chi connectivity index (χ4n) is 2.06. The second kappa shape index (κ2) is 5.58. The average molecular weight is 266 g/mol. The quantitative estimate of drug-likeness (QED) is 0.825. The molecule has 1 saturated heterocycles. The first-order valence-corrected chi connectivity index (χ1v) is 6.52. The van der Waals surface area contributed by atoms with Crippen LogP contribution in [-0.2, 0) is 4.74 Å². The predicted molar refractivity (Wildman–Crippen MR) is 74.9 cm³/mol. The number of nitrogens with two attached hydrogens (primary N) is 1. The van der Waals surface area contributed by atoms with E-state index in [2.05, 4.69) is 21.8 Å². The molecule has 0 saturated carbocycles. The average Bonchev–Trinajstić information content (AvgIpc) is 2.38. The third-order valence-electron chi connectivity index (χ3n) is 3.05. The third kappa shape index (κ3) is 2.76. The van der Waals surface area contributed by atoms with E-state index in [9.17, 15) is 0 Å². The van der Waals surface area contributed by atoms with Crippen molar-refractivity contribution in [2.45, 2.75) is 26.3 Å². The number of thiocarbonyl (C=S) groups is 1. The molecule has 1 aliphatic heterocycles. The molecule has 0 spiro atoms. The van der Waals surface area contributed by atoms with Crippen LogP contribution in [0.2, 0.25) is 0 Å². The largest absolute Gasteiger partial charge is 0.388 e. The molecule has 0 amide bonds. The molecule has 0 aliphatic carbocycles. The molecule has 1 aliphatic rings. The van der Waals surface area contributed by atoms with Gasteiger partial charge >= 0.3 is 0 Å². The van der Waals surface area contributed by atoms with E-state index in [4.69, 9.17) is 22.7 Å². The first-order valence-electron chi connectivity index (χ1n) is 6.11. The topological polar surface area (TPSA) is 64.3 Å². The number of aryl methyl sites for hydroxylation is 1. The zero-order valence-corrected chi connectivity index (χ0v) is 11.5. The molecule has 98 valence electrons. The van der Waals surface area contributed by atoms with Crippen LogP contribution >= 0.6 is 12.2 Å². The lowest BCUT2D eigenvalue weighted by Crippen LogP contribution is -2.46. The Labute approximate surface area is 112 Å². The molecule has 2 heterocycles. The Bertz CT molecular complexity index is 452. The Morgan fingerprint density at radius 3 is 3.06 bits per heavy atom. The van der Waals surface area contributed by atoms with Gasteiger partial charge in [0.1, 0.15) is 10.7 Å². The predicted octanol–water partition coefficient (Wildman–Crippen LogP) is 1.03. The van der Waals surface area contributed by atoms with E-state index in [0.717, 1.165) is 25.3 Å². The Morgan fingerprint density at radius 2 is 2.39 bits per heavy atom. The summed E-state index contributed by atoms with van der Waals surface area (Å²) in [6, 6.07) is 2.13. The molecule has 1 atom stereocenters. The van der Waals surface area contributed by atoms with Crippen LogP contribution in [0.15, 0.2) is 6.07 Å². The van der Waals surface area contributed by atoms with E-state index >= 15 is 0 Å². The van der Waals surface area contributed by atoms with Crippen LogP contribution in [0.1, 0.15) is 24.7 Å². The van der Waals surface area contributed by atoms with E-state index < -0.39 is 0 Å². The van der Waals surface area contributed by atoms with Gasteiger partial charge in [0.2, 0.25) is 5.95 Å². The molecular weight excluding hydrogens is 248 g/mol. The zero-order chi connectivity index (χ0) is 13.1. The van der Waals surface area contributed by atoms with Gasteiger partial charge in [0.15, 0.2) is 0 Å². The monoisotopic (exact) mass is 266 g/mol. The van der Waals surface area contributed by atoms with Gasteiger partial charge in [-0.1, -0.05) is 19.1 Å². The minimum atomic E-state index is 0.308. The van der Waals surface area contributed by atoms with Crippen LogP contribution in [0.5, 0.6) is 0 Å². The fraction of sp³-hybridized carbons (Fsp3) is 0.583. The van der Waals surface area contributed by atoms with E-state index in [1.54, 1.807) is 0 Å². The molecule has 2 rings (SSSR count). The first-order chi connectivity index (χ1) is 8.61. The summed E-state index contributed by atoms with van der Waals surface area (Å²) >= 11 is 4.98. The lowest BCUT2D eigenvalue weighted by molar-refractivity contribution is 0.0921. The van der Waals surface area contributed by atoms with E-state index in [1.807, 2.05) is 13.0 Å². The van der Waals surface area contributed by atoms with Crippen molar-refractivity contribution < 1.29 is 4.74 Å². The van der Waals surface area contributed by atoms with Gasteiger partial charge < -0.3 is 15.4 Å². The highest BCUT2D eigenvalue weighted by Gasteiger charge is 2.24. The molecule has 1 aromatic heterocycles. The van der Waals surface area contributed by atoms with Crippen LogP contribution in [0, 0.1) is 6.92 Å². The van der Waals surface area contributed by atoms with Crippen molar-refractivity contribution in [1.29, 1.82) is 0 Å². The van der Waals surface area contributed by atoms with Crippen molar-refractivity contribution in [2.75, 3.05) is 24.7 Å². The maximum Gasteiger partial charge on any atom is 0.226 e. The lowest BCUT2D eigenvalue weighted by Gasteiger charge is -2.35. The summed E-state index contributed by atoms with van der Waals surface area (Å²) in [5.74, 6) is 0.702. The molecule has 5 nitrogen and oxygen atoms in total. The normalized spacial score (nSPS) is 19.9. The standard InChI is InChI=1S/C12H18N4OS/c1-3-9-7-17-5-4-16(9)12-14-8(2)6-10(15-12)11(13)18/h6,9H,3-5,7H2,1-2H3,(H2,13,18). The maximum atomic E-state index is 5.65. The highest BCUT2D eigenvalue weighted by molar-refractivity contribution is 7.80. The minimum Gasteiger partial charge on any atom is -0.388 e. The van der Waals surface area contributed by atoms with Gasteiger partial charge in [-0.05, 0) is 19.4 Å². The zero-order valence-electron chi connectivity index (χ0n) is 10.7. The molecule has 6 heteroatoms. The summed E-state index contributed by atoms with van der Waals surface area (Å²) in [5, 5.41) is 0. The molecule has 2 N–H and O–H groups in total. The molecule has 1 aromatic rings. The Hall–Kier alpha value is -1.27. The van der Waals surface area contributed by atoms with Gasteiger partial charge in [-0.15, -0.1) is 0 Å². The number of nitrogens with zero attached hydrogens (tertiary/aromatic N) is 3. The second-order valence-electron chi connectivity index (χ2n) is 4.39. The third-order valence-corrected chi connectivity index (χ3v) is 3.26. The Balaban J connectivity index is 2.33. The minimum absolute atomic E-state index is 0.308. The summed E-state index contributed by atoms with van der Waals surface area (Å²) in [6.45, 7) is 6.29. The second-order valence-corrected chi connectivity index (χ2v) is 4.83. The van der Waals surface area contributed by atoms with E-state index in [1.165, 1.54) is 0 Å². The Morgan fingerprint density at radius 1 is 1.61 bits per heavy atom. The summed E-state index contributed by atoms with van der Waals surface area (Å²) in [5.41, 5.74) is 7.16. The molecule has 0 aromatic carbocycles.